The molecule has 1 heterocycles. The molecule has 28 heavy (non-hydrogen) atoms. The van der Waals surface area contributed by atoms with E-state index in [9.17, 15) is 14.3 Å². The number of rotatable bonds is 3. The van der Waals surface area contributed by atoms with Crippen molar-refractivity contribution in [3.05, 3.63) is 72.0 Å². The highest BCUT2D eigenvalue weighted by Gasteiger charge is 2.34. The molecule has 0 aliphatic carbocycles. The van der Waals surface area contributed by atoms with Crippen LogP contribution in [0.25, 0.3) is 10.8 Å². The van der Waals surface area contributed by atoms with Gasteiger partial charge in [0.1, 0.15) is 11.6 Å². The van der Waals surface area contributed by atoms with Crippen molar-refractivity contribution in [3.8, 4) is 5.75 Å². The minimum atomic E-state index is -1.14. The first-order valence-corrected chi connectivity index (χ1v) is 10.3. The van der Waals surface area contributed by atoms with Crippen molar-refractivity contribution >= 4 is 34.3 Å². The van der Waals surface area contributed by atoms with Gasteiger partial charge in [0.2, 0.25) is 0 Å². The minimum Gasteiger partial charge on any atom is -0.409 e. The summed E-state index contributed by atoms with van der Waals surface area (Å²) in [6.07, 6.45) is 0.339. The summed E-state index contributed by atoms with van der Waals surface area (Å²) in [4.78, 5) is 12.3. The molecule has 0 unspecified atom stereocenters. The van der Waals surface area contributed by atoms with Crippen LogP contribution in [0.15, 0.2) is 60.7 Å². The molecular formula is C22H20FNO3S. The fourth-order valence-corrected chi connectivity index (χ4v) is 4.64. The summed E-state index contributed by atoms with van der Waals surface area (Å²) in [5.41, 5.74) is -0.585. The zero-order chi connectivity index (χ0) is 19.6. The molecule has 0 bridgehead atoms. The first-order valence-electron chi connectivity index (χ1n) is 9.12. The van der Waals surface area contributed by atoms with E-state index in [-0.39, 0.29) is 11.3 Å². The zero-order valence-corrected chi connectivity index (χ0v) is 16.0. The van der Waals surface area contributed by atoms with Gasteiger partial charge in [-0.05, 0) is 47.9 Å². The van der Waals surface area contributed by atoms with Gasteiger partial charge in [-0.2, -0.15) is 11.8 Å². The molecule has 144 valence electrons. The number of aliphatic hydroxyl groups is 1. The second kappa shape index (κ2) is 7.81. The van der Waals surface area contributed by atoms with Crippen molar-refractivity contribution < 1.29 is 19.0 Å². The Morgan fingerprint density at radius 1 is 1.07 bits per heavy atom. The summed E-state index contributed by atoms with van der Waals surface area (Å²) in [7, 11) is 0. The normalized spacial score (nSPS) is 15.9. The quantitative estimate of drug-likeness (QED) is 0.629. The topological polar surface area (TPSA) is 58.6 Å². The second-order valence-corrected chi connectivity index (χ2v) is 8.06. The van der Waals surface area contributed by atoms with E-state index in [4.69, 9.17) is 4.74 Å². The number of amides is 1. The van der Waals surface area contributed by atoms with Crippen molar-refractivity contribution in [2.24, 2.45) is 0 Å². The average molecular weight is 397 g/mol. The molecule has 1 aliphatic rings. The predicted molar refractivity (Wildman–Crippen MR) is 110 cm³/mol. The van der Waals surface area contributed by atoms with Crippen molar-refractivity contribution in [1.82, 2.24) is 0 Å². The van der Waals surface area contributed by atoms with E-state index in [1.54, 1.807) is 30.0 Å². The third-order valence-corrected chi connectivity index (χ3v) is 5.97. The van der Waals surface area contributed by atoms with E-state index in [1.165, 1.54) is 6.07 Å². The number of halogens is 1. The maximum atomic E-state index is 14.6. The van der Waals surface area contributed by atoms with Gasteiger partial charge in [0, 0.05) is 16.6 Å². The van der Waals surface area contributed by atoms with Gasteiger partial charge in [0.15, 0.2) is 0 Å². The summed E-state index contributed by atoms with van der Waals surface area (Å²) < 4.78 is 20.0. The van der Waals surface area contributed by atoms with Crippen LogP contribution in [0, 0.1) is 5.82 Å². The van der Waals surface area contributed by atoms with Crippen LogP contribution in [0.3, 0.4) is 0 Å². The van der Waals surface area contributed by atoms with Crippen LogP contribution < -0.4 is 10.1 Å². The Labute approximate surface area is 166 Å². The molecule has 1 fully saturated rings. The molecule has 0 spiro atoms. The van der Waals surface area contributed by atoms with Crippen LogP contribution in [-0.2, 0) is 5.60 Å². The van der Waals surface area contributed by atoms with Gasteiger partial charge in [-0.25, -0.2) is 9.18 Å². The lowest BCUT2D eigenvalue weighted by Gasteiger charge is -2.32. The Morgan fingerprint density at radius 2 is 1.82 bits per heavy atom. The van der Waals surface area contributed by atoms with Gasteiger partial charge >= 0.3 is 6.09 Å². The lowest BCUT2D eigenvalue weighted by Crippen LogP contribution is -2.31. The highest BCUT2D eigenvalue weighted by molar-refractivity contribution is 7.99. The SMILES string of the molecule is O=C(Nc1ccc(C2(O)CCSCC2)c(F)c1)Oc1cccc2ccccc12. The monoisotopic (exact) mass is 397 g/mol. The fraction of sp³-hybridized carbons (Fsp3) is 0.227. The number of hydrogen-bond acceptors (Lipinski definition) is 4. The highest BCUT2D eigenvalue weighted by Crippen LogP contribution is 2.37. The molecule has 0 aromatic heterocycles. The highest BCUT2D eigenvalue weighted by atomic mass is 32.2. The van der Waals surface area contributed by atoms with Crippen LogP contribution in [0.4, 0.5) is 14.9 Å². The first-order chi connectivity index (χ1) is 13.5. The van der Waals surface area contributed by atoms with Gasteiger partial charge in [-0.1, -0.05) is 42.5 Å². The van der Waals surface area contributed by atoms with E-state index in [0.717, 1.165) is 22.3 Å². The van der Waals surface area contributed by atoms with Crippen LogP contribution in [0.5, 0.6) is 5.75 Å². The maximum absolute atomic E-state index is 14.6. The number of carbonyl (C=O) groups excluding carboxylic acids is 1. The largest absolute Gasteiger partial charge is 0.417 e. The van der Waals surface area contributed by atoms with Crippen LogP contribution >= 0.6 is 11.8 Å². The average Bonchev–Trinajstić information content (AvgIpc) is 2.69. The number of thioether (sulfide) groups is 1. The molecule has 1 amide bonds. The molecule has 0 radical (unpaired) electrons. The third kappa shape index (κ3) is 3.84. The van der Waals surface area contributed by atoms with Crippen molar-refractivity contribution in [2.75, 3.05) is 16.8 Å². The first kappa shape index (κ1) is 18.8. The van der Waals surface area contributed by atoms with Crippen LogP contribution in [0.2, 0.25) is 0 Å². The summed E-state index contributed by atoms with van der Waals surface area (Å²) in [5.74, 6) is 1.50. The number of hydrogen-bond donors (Lipinski definition) is 2. The molecule has 1 aliphatic heterocycles. The summed E-state index contributed by atoms with van der Waals surface area (Å²) in [5, 5.41) is 15.1. The van der Waals surface area contributed by atoms with Crippen LogP contribution in [0.1, 0.15) is 18.4 Å². The summed E-state index contributed by atoms with van der Waals surface area (Å²) in [6.45, 7) is 0. The van der Waals surface area contributed by atoms with Crippen molar-refractivity contribution in [1.29, 1.82) is 0 Å². The van der Waals surface area contributed by atoms with E-state index in [2.05, 4.69) is 5.32 Å². The third-order valence-electron chi connectivity index (χ3n) is 4.99. The molecule has 3 aromatic carbocycles. The van der Waals surface area contributed by atoms with Gasteiger partial charge in [0.25, 0.3) is 0 Å². The number of anilines is 1. The van der Waals surface area contributed by atoms with E-state index in [1.807, 2.05) is 36.4 Å². The number of fused-ring (bicyclic) bond motifs is 1. The molecular weight excluding hydrogens is 377 g/mol. The number of nitrogens with one attached hydrogen (secondary N) is 1. The van der Waals surface area contributed by atoms with Crippen LogP contribution in [-0.4, -0.2) is 22.7 Å². The summed E-state index contributed by atoms with van der Waals surface area (Å²) >= 11 is 1.75. The van der Waals surface area contributed by atoms with Crippen molar-refractivity contribution in [2.45, 2.75) is 18.4 Å². The van der Waals surface area contributed by atoms with E-state index >= 15 is 0 Å². The lowest BCUT2D eigenvalue weighted by atomic mass is 9.87. The fourth-order valence-electron chi connectivity index (χ4n) is 3.48. The molecule has 1 saturated heterocycles. The van der Waals surface area contributed by atoms with E-state index < -0.39 is 17.5 Å². The summed E-state index contributed by atoms with van der Waals surface area (Å²) in [6, 6.07) is 17.4. The molecule has 6 heteroatoms. The molecule has 0 atom stereocenters. The molecule has 0 saturated carbocycles. The molecule has 2 N–H and O–H groups in total. The molecule has 4 rings (SSSR count). The second-order valence-electron chi connectivity index (χ2n) is 6.83. The van der Waals surface area contributed by atoms with Gasteiger partial charge in [-0.15, -0.1) is 0 Å². The number of ether oxygens (including phenoxy) is 1. The number of benzene rings is 3. The van der Waals surface area contributed by atoms with E-state index in [0.29, 0.717) is 18.6 Å². The Balaban J connectivity index is 1.49. The van der Waals surface area contributed by atoms with Gasteiger partial charge < -0.3 is 9.84 Å². The zero-order valence-electron chi connectivity index (χ0n) is 15.2. The Hall–Kier alpha value is -2.57. The van der Waals surface area contributed by atoms with Gasteiger partial charge in [-0.3, -0.25) is 5.32 Å². The predicted octanol–water partition coefficient (Wildman–Crippen LogP) is 5.30. The standard InChI is InChI=1S/C22H20FNO3S/c23-19-14-16(8-9-18(19)22(26)10-12-28-13-11-22)24-21(25)27-20-7-3-5-15-4-1-2-6-17(15)20/h1-9,14,26H,10-13H2,(H,24,25). The van der Waals surface area contributed by atoms with Crippen molar-refractivity contribution in [3.63, 3.8) is 0 Å². The Kier molecular flexibility index (Phi) is 5.24. The smallest absolute Gasteiger partial charge is 0.409 e. The molecule has 4 nitrogen and oxygen atoms in total. The lowest BCUT2D eigenvalue weighted by molar-refractivity contribution is 0.0246. The minimum absolute atomic E-state index is 0.278. The Morgan fingerprint density at radius 3 is 2.61 bits per heavy atom. The maximum Gasteiger partial charge on any atom is 0.417 e. The number of carbonyl (C=O) groups is 1. The van der Waals surface area contributed by atoms with Gasteiger partial charge in [0.05, 0.1) is 5.60 Å². The Bertz CT molecular complexity index is 1010. The molecule has 3 aromatic rings.